The summed E-state index contributed by atoms with van der Waals surface area (Å²) in [6, 6.07) is 6.52. The Balaban J connectivity index is 2.74. The summed E-state index contributed by atoms with van der Waals surface area (Å²) < 4.78 is 0. The highest BCUT2D eigenvalue weighted by Crippen LogP contribution is 2.14. The van der Waals surface area contributed by atoms with Crippen LogP contribution in [0.3, 0.4) is 0 Å². The monoisotopic (exact) mass is 293 g/mol. The largest absolute Gasteiger partial charge is 0.480 e. The van der Waals surface area contributed by atoms with Crippen LogP contribution in [0.1, 0.15) is 12.5 Å². The number of carbonyl (C=O) groups is 3. The van der Waals surface area contributed by atoms with Gasteiger partial charge in [-0.05, 0) is 26.0 Å². The van der Waals surface area contributed by atoms with Gasteiger partial charge in [0, 0.05) is 12.2 Å². The van der Waals surface area contributed by atoms with Crippen LogP contribution in [-0.4, -0.2) is 42.6 Å². The molecule has 0 bridgehead atoms. The topological polar surface area (TPSA) is 98.7 Å². The number of carboxylic acids is 1. The number of carbonyl (C=O) groups excluding carboxylic acids is 2. The summed E-state index contributed by atoms with van der Waals surface area (Å²) in [5.41, 5.74) is 1.63. The lowest BCUT2D eigenvalue weighted by Gasteiger charge is -2.22. The third-order valence-electron chi connectivity index (χ3n) is 2.65. The number of nitrogens with one attached hydrogen (secondary N) is 2. The fourth-order valence-electron chi connectivity index (χ4n) is 1.70. The maximum atomic E-state index is 11.8. The van der Waals surface area contributed by atoms with Crippen molar-refractivity contribution >= 4 is 23.6 Å². The second kappa shape index (κ2) is 7.88. The highest BCUT2D eigenvalue weighted by molar-refractivity contribution is 5.96. The minimum absolute atomic E-state index is 0.216. The molecule has 0 aromatic heterocycles. The molecule has 1 aromatic carbocycles. The van der Waals surface area contributed by atoms with E-state index in [1.54, 1.807) is 19.1 Å². The fraction of sp³-hybridized carbons (Fsp3) is 0.357. The number of imide groups is 1. The third-order valence-corrected chi connectivity index (χ3v) is 2.65. The van der Waals surface area contributed by atoms with Crippen LogP contribution in [0.15, 0.2) is 24.3 Å². The van der Waals surface area contributed by atoms with E-state index >= 15 is 0 Å². The van der Waals surface area contributed by atoms with Gasteiger partial charge in [-0.3, -0.25) is 14.9 Å². The van der Waals surface area contributed by atoms with E-state index in [2.05, 4.69) is 10.6 Å². The molecular formula is C14H19N3O4. The standard InChI is InChI=1S/C14H19N3O4/c1-3-15-14(21)16-12(18)8-17(9-13(19)20)11-6-4-10(2)5-7-11/h4-7H,3,8-9H2,1-2H3,(H,19,20)(H2,15,16,18,21). The van der Waals surface area contributed by atoms with E-state index in [1.165, 1.54) is 4.90 Å². The summed E-state index contributed by atoms with van der Waals surface area (Å²) in [5, 5.41) is 13.5. The summed E-state index contributed by atoms with van der Waals surface area (Å²) >= 11 is 0. The van der Waals surface area contributed by atoms with E-state index in [0.29, 0.717) is 12.2 Å². The van der Waals surface area contributed by atoms with Crippen molar-refractivity contribution in [2.75, 3.05) is 24.5 Å². The van der Waals surface area contributed by atoms with Crippen molar-refractivity contribution in [2.24, 2.45) is 0 Å². The predicted molar refractivity (Wildman–Crippen MR) is 78.2 cm³/mol. The molecule has 0 saturated carbocycles. The van der Waals surface area contributed by atoms with Gasteiger partial charge in [-0.25, -0.2) is 4.79 Å². The smallest absolute Gasteiger partial charge is 0.323 e. The number of nitrogens with zero attached hydrogens (tertiary/aromatic N) is 1. The van der Waals surface area contributed by atoms with E-state index in [9.17, 15) is 14.4 Å². The lowest BCUT2D eigenvalue weighted by atomic mass is 10.2. The van der Waals surface area contributed by atoms with E-state index < -0.39 is 17.9 Å². The molecule has 0 spiro atoms. The normalized spacial score (nSPS) is 9.81. The SMILES string of the molecule is CCNC(=O)NC(=O)CN(CC(=O)O)c1ccc(C)cc1. The van der Waals surface area contributed by atoms with Gasteiger partial charge in [0.15, 0.2) is 0 Å². The Morgan fingerprint density at radius 1 is 1.14 bits per heavy atom. The molecule has 114 valence electrons. The van der Waals surface area contributed by atoms with Crippen LogP contribution < -0.4 is 15.5 Å². The molecule has 3 N–H and O–H groups in total. The van der Waals surface area contributed by atoms with Gasteiger partial charge in [-0.1, -0.05) is 17.7 Å². The Morgan fingerprint density at radius 3 is 2.29 bits per heavy atom. The molecular weight excluding hydrogens is 274 g/mol. The molecule has 1 rings (SSSR count). The highest BCUT2D eigenvalue weighted by Gasteiger charge is 2.16. The Kier molecular flexibility index (Phi) is 6.19. The molecule has 0 fully saturated rings. The predicted octanol–water partition coefficient (Wildman–Crippen LogP) is 0.732. The van der Waals surface area contributed by atoms with E-state index in [-0.39, 0.29) is 13.1 Å². The van der Waals surface area contributed by atoms with Crippen molar-refractivity contribution in [3.05, 3.63) is 29.8 Å². The van der Waals surface area contributed by atoms with Crippen molar-refractivity contribution in [1.29, 1.82) is 0 Å². The van der Waals surface area contributed by atoms with Crippen LogP contribution in [-0.2, 0) is 9.59 Å². The zero-order valence-corrected chi connectivity index (χ0v) is 12.0. The van der Waals surface area contributed by atoms with Gasteiger partial charge in [-0.15, -0.1) is 0 Å². The van der Waals surface area contributed by atoms with Crippen molar-refractivity contribution in [1.82, 2.24) is 10.6 Å². The van der Waals surface area contributed by atoms with E-state index in [4.69, 9.17) is 5.11 Å². The summed E-state index contributed by atoms with van der Waals surface area (Å²) in [7, 11) is 0. The number of anilines is 1. The van der Waals surface area contributed by atoms with Crippen LogP contribution in [0, 0.1) is 6.92 Å². The Labute approximate surface area is 122 Å². The molecule has 0 aliphatic rings. The molecule has 3 amide bonds. The van der Waals surface area contributed by atoms with E-state index in [0.717, 1.165) is 5.56 Å². The molecule has 0 aliphatic heterocycles. The van der Waals surface area contributed by atoms with Crippen molar-refractivity contribution in [3.8, 4) is 0 Å². The molecule has 1 aromatic rings. The minimum Gasteiger partial charge on any atom is -0.480 e. The number of rotatable bonds is 6. The van der Waals surface area contributed by atoms with Crippen LogP contribution in [0.4, 0.5) is 10.5 Å². The molecule has 21 heavy (non-hydrogen) atoms. The maximum absolute atomic E-state index is 11.8. The van der Waals surface area contributed by atoms with Gasteiger partial charge in [0.25, 0.3) is 0 Å². The number of carboxylic acid groups (broad SMARTS) is 1. The van der Waals surface area contributed by atoms with Crippen LogP contribution >= 0.6 is 0 Å². The average Bonchev–Trinajstić information content (AvgIpc) is 2.38. The molecule has 0 atom stereocenters. The number of aliphatic carboxylic acids is 1. The summed E-state index contributed by atoms with van der Waals surface area (Å²) in [5.74, 6) is -1.62. The van der Waals surface area contributed by atoms with Crippen molar-refractivity contribution in [3.63, 3.8) is 0 Å². The Bertz CT molecular complexity index is 513. The lowest BCUT2D eigenvalue weighted by Crippen LogP contribution is -2.45. The number of hydrogen-bond donors (Lipinski definition) is 3. The second-order valence-electron chi connectivity index (χ2n) is 4.49. The first kappa shape index (κ1) is 16.5. The van der Waals surface area contributed by atoms with Gasteiger partial charge >= 0.3 is 12.0 Å². The quantitative estimate of drug-likeness (QED) is 0.718. The lowest BCUT2D eigenvalue weighted by molar-refractivity contribution is -0.135. The number of amides is 3. The molecule has 0 unspecified atom stereocenters. The van der Waals surface area contributed by atoms with Crippen LogP contribution in [0.5, 0.6) is 0 Å². The van der Waals surface area contributed by atoms with Gasteiger partial charge in [0.2, 0.25) is 5.91 Å². The number of hydrogen-bond acceptors (Lipinski definition) is 4. The molecule has 7 heteroatoms. The first-order chi connectivity index (χ1) is 9.92. The van der Waals surface area contributed by atoms with Gasteiger partial charge in [0.05, 0.1) is 6.54 Å². The van der Waals surface area contributed by atoms with Gasteiger partial charge < -0.3 is 15.3 Å². The molecule has 7 nitrogen and oxygen atoms in total. The zero-order chi connectivity index (χ0) is 15.8. The van der Waals surface area contributed by atoms with E-state index in [1.807, 2.05) is 19.1 Å². The van der Waals surface area contributed by atoms with Gasteiger partial charge in [0.1, 0.15) is 6.54 Å². The third kappa shape index (κ3) is 5.94. The van der Waals surface area contributed by atoms with Crippen molar-refractivity contribution in [2.45, 2.75) is 13.8 Å². The Morgan fingerprint density at radius 2 is 1.76 bits per heavy atom. The number of benzene rings is 1. The number of aryl methyl sites for hydroxylation is 1. The molecule has 0 saturated heterocycles. The fourth-order valence-corrected chi connectivity index (χ4v) is 1.70. The Hall–Kier alpha value is -2.57. The van der Waals surface area contributed by atoms with Crippen LogP contribution in [0.25, 0.3) is 0 Å². The molecule has 0 radical (unpaired) electrons. The van der Waals surface area contributed by atoms with Crippen molar-refractivity contribution < 1.29 is 19.5 Å². The first-order valence-electron chi connectivity index (χ1n) is 6.53. The average molecular weight is 293 g/mol. The summed E-state index contributed by atoms with van der Waals surface area (Å²) in [4.78, 5) is 35.3. The molecule has 0 heterocycles. The minimum atomic E-state index is -1.05. The first-order valence-corrected chi connectivity index (χ1v) is 6.53. The summed E-state index contributed by atoms with van der Waals surface area (Å²) in [6.07, 6.45) is 0. The summed E-state index contributed by atoms with van der Waals surface area (Å²) in [6.45, 7) is 3.49. The molecule has 0 aliphatic carbocycles. The van der Waals surface area contributed by atoms with Gasteiger partial charge in [-0.2, -0.15) is 0 Å². The highest BCUT2D eigenvalue weighted by atomic mass is 16.4. The number of urea groups is 1. The maximum Gasteiger partial charge on any atom is 0.323 e. The zero-order valence-electron chi connectivity index (χ0n) is 12.0. The second-order valence-corrected chi connectivity index (χ2v) is 4.49. The van der Waals surface area contributed by atoms with Crippen LogP contribution in [0.2, 0.25) is 0 Å².